The van der Waals surface area contributed by atoms with E-state index < -0.39 is 6.29 Å². The number of aromatic nitrogens is 4. The minimum Gasteiger partial charge on any atom is -0.391 e. The van der Waals surface area contributed by atoms with Crippen LogP contribution in [0.5, 0.6) is 0 Å². The summed E-state index contributed by atoms with van der Waals surface area (Å²) in [5.41, 5.74) is 1.46. The van der Waals surface area contributed by atoms with Crippen LogP contribution in [0.2, 0.25) is 0 Å². The van der Waals surface area contributed by atoms with E-state index in [1.807, 2.05) is 6.26 Å². The van der Waals surface area contributed by atoms with Gasteiger partial charge in [-0.2, -0.15) is 0 Å². The summed E-state index contributed by atoms with van der Waals surface area (Å²) in [7, 11) is 0. The molecule has 2 aromatic heterocycles. The summed E-state index contributed by atoms with van der Waals surface area (Å²) in [6, 6.07) is 0. The molecule has 18 heavy (non-hydrogen) atoms. The van der Waals surface area contributed by atoms with Crippen molar-refractivity contribution in [1.29, 1.82) is 0 Å². The summed E-state index contributed by atoms with van der Waals surface area (Å²) >= 11 is 1.52. The second-order valence-electron chi connectivity index (χ2n) is 3.74. The van der Waals surface area contributed by atoms with E-state index in [1.165, 1.54) is 18.1 Å². The zero-order valence-electron chi connectivity index (χ0n) is 9.68. The normalized spacial score (nSPS) is 23.9. The molecule has 96 valence electrons. The van der Waals surface area contributed by atoms with E-state index >= 15 is 0 Å². The highest BCUT2D eigenvalue weighted by molar-refractivity contribution is 7.98. The zero-order valence-corrected chi connectivity index (χ0v) is 10.5. The SMILES string of the molecule is CSc1ncnc2c1ncn2[C@H]1CO[C@@H](CO)O1. The van der Waals surface area contributed by atoms with E-state index in [0.29, 0.717) is 12.3 Å². The molecule has 0 spiro atoms. The third-order valence-electron chi connectivity index (χ3n) is 2.71. The lowest BCUT2D eigenvalue weighted by Crippen LogP contribution is -2.15. The number of hydrogen-bond acceptors (Lipinski definition) is 7. The molecule has 1 N–H and O–H groups in total. The van der Waals surface area contributed by atoms with Gasteiger partial charge in [0.15, 0.2) is 18.2 Å². The number of hydrogen-bond donors (Lipinski definition) is 1. The van der Waals surface area contributed by atoms with Crippen LogP contribution >= 0.6 is 11.8 Å². The summed E-state index contributed by atoms with van der Waals surface area (Å²) in [5, 5.41) is 9.80. The van der Waals surface area contributed by atoms with Crippen LogP contribution in [0.25, 0.3) is 11.2 Å². The molecule has 3 heterocycles. The first-order chi connectivity index (χ1) is 8.83. The Balaban J connectivity index is 1.98. The number of nitrogens with zero attached hydrogens (tertiary/aromatic N) is 4. The Morgan fingerprint density at radius 3 is 3.11 bits per heavy atom. The van der Waals surface area contributed by atoms with Crippen molar-refractivity contribution in [2.75, 3.05) is 19.5 Å². The number of imidazole rings is 1. The van der Waals surface area contributed by atoms with E-state index in [4.69, 9.17) is 14.6 Å². The van der Waals surface area contributed by atoms with Gasteiger partial charge in [0, 0.05) is 0 Å². The van der Waals surface area contributed by atoms with Crippen molar-refractivity contribution in [3.63, 3.8) is 0 Å². The Morgan fingerprint density at radius 1 is 1.50 bits per heavy atom. The lowest BCUT2D eigenvalue weighted by atomic mass is 10.5. The fourth-order valence-electron chi connectivity index (χ4n) is 1.88. The van der Waals surface area contributed by atoms with Crippen molar-refractivity contribution in [3.8, 4) is 0 Å². The molecule has 1 saturated heterocycles. The first kappa shape index (κ1) is 11.8. The molecule has 0 amide bonds. The summed E-state index contributed by atoms with van der Waals surface area (Å²) in [5.74, 6) is 0. The standard InChI is InChI=1S/C10H12N4O3S/c1-18-10-8-9(11-4-12-10)14(5-13-8)6-3-16-7(2-15)17-6/h4-7,15H,2-3H2,1H3/t6-,7-/m1/s1. The largest absolute Gasteiger partial charge is 0.391 e. The van der Waals surface area contributed by atoms with Gasteiger partial charge in [0.05, 0.1) is 19.5 Å². The molecule has 1 aliphatic heterocycles. The lowest BCUT2D eigenvalue weighted by molar-refractivity contribution is -0.0980. The molecule has 2 atom stereocenters. The van der Waals surface area contributed by atoms with Gasteiger partial charge in [-0.25, -0.2) is 15.0 Å². The third kappa shape index (κ3) is 1.87. The van der Waals surface area contributed by atoms with Crippen LogP contribution in [0.4, 0.5) is 0 Å². The Morgan fingerprint density at radius 2 is 2.39 bits per heavy atom. The monoisotopic (exact) mass is 268 g/mol. The van der Waals surface area contributed by atoms with Crippen LogP contribution in [0, 0.1) is 0 Å². The lowest BCUT2D eigenvalue weighted by Gasteiger charge is -2.11. The van der Waals surface area contributed by atoms with Gasteiger partial charge in [-0.15, -0.1) is 11.8 Å². The number of aliphatic hydroxyl groups is 1. The minimum absolute atomic E-state index is 0.159. The fraction of sp³-hybridized carbons (Fsp3) is 0.500. The zero-order chi connectivity index (χ0) is 12.5. The second kappa shape index (κ2) is 4.81. The molecule has 0 aromatic carbocycles. The number of thioether (sulfide) groups is 1. The smallest absolute Gasteiger partial charge is 0.183 e. The highest BCUT2D eigenvalue weighted by atomic mass is 32.2. The van der Waals surface area contributed by atoms with Crippen LogP contribution in [-0.2, 0) is 9.47 Å². The molecule has 1 aliphatic rings. The van der Waals surface area contributed by atoms with Crippen molar-refractivity contribution in [2.24, 2.45) is 0 Å². The van der Waals surface area contributed by atoms with Crippen LogP contribution in [-0.4, -0.2) is 50.4 Å². The minimum atomic E-state index is -0.575. The first-order valence-corrected chi connectivity index (χ1v) is 6.65. The van der Waals surface area contributed by atoms with Gasteiger partial charge in [-0.1, -0.05) is 0 Å². The first-order valence-electron chi connectivity index (χ1n) is 5.43. The molecular formula is C10H12N4O3S. The number of aliphatic hydroxyl groups excluding tert-OH is 1. The Bertz CT molecular complexity index is 561. The highest BCUT2D eigenvalue weighted by Crippen LogP contribution is 2.27. The predicted molar refractivity (Wildman–Crippen MR) is 64.1 cm³/mol. The number of rotatable bonds is 3. The Hall–Kier alpha value is -1.22. The highest BCUT2D eigenvalue weighted by Gasteiger charge is 2.28. The maximum atomic E-state index is 8.97. The predicted octanol–water partition coefficient (Wildman–Crippen LogP) is 0.412. The Labute approximate surface area is 107 Å². The second-order valence-corrected chi connectivity index (χ2v) is 4.54. The van der Waals surface area contributed by atoms with Crippen LogP contribution in [0.3, 0.4) is 0 Å². The summed E-state index contributed by atoms with van der Waals surface area (Å²) in [4.78, 5) is 12.7. The maximum absolute atomic E-state index is 8.97. The van der Waals surface area contributed by atoms with Crippen molar-refractivity contribution < 1.29 is 14.6 Å². The Kier molecular flexibility index (Phi) is 3.16. The average molecular weight is 268 g/mol. The molecule has 3 rings (SSSR count). The van der Waals surface area contributed by atoms with E-state index in [9.17, 15) is 0 Å². The molecule has 8 heteroatoms. The van der Waals surface area contributed by atoms with Crippen molar-refractivity contribution >= 4 is 22.9 Å². The summed E-state index contributed by atoms with van der Waals surface area (Å²) < 4.78 is 12.6. The van der Waals surface area contributed by atoms with Crippen molar-refractivity contribution in [2.45, 2.75) is 17.5 Å². The molecule has 0 bridgehead atoms. The molecule has 0 saturated carbocycles. The van der Waals surface area contributed by atoms with Gasteiger partial charge in [0.2, 0.25) is 0 Å². The summed E-state index contributed by atoms with van der Waals surface area (Å²) in [6.07, 6.45) is 4.22. The molecule has 7 nitrogen and oxygen atoms in total. The molecule has 2 aromatic rings. The maximum Gasteiger partial charge on any atom is 0.183 e. The quantitative estimate of drug-likeness (QED) is 0.637. The molecule has 1 fully saturated rings. The van der Waals surface area contributed by atoms with Gasteiger partial charge < -0.3 is 14.6 Å². The van der Waals surface area contributed by atoms with E-state index in [1.54, 1.807) is 10.9 Å². The topological polar surface area (TPSA) is 82.3 Å². The van der Waals surface area contributed by atoms with E-state index in [-0.39, 0.29) is 12.8 Å². The molecule has 0 radical (unpaired) electrons. The van der Waals surface area contributed by atoms with Crippen molar-refractivity contribution in [1.82, 2.24) is 19.5 Å². The van der Waals surface area contributed by atoms with Gasteiger partial charge in [-0.3, -0.25) is 4.57 Å². The third-order valence-corrected chi connectivity index (χ3v) is 3.40. The average Bonchev–Trinajstić information content (AvgIpc) is 3.03. The van der Waals surface area contributed by atoms with Gasteiger partial charge >= 0.3 is 0 Å². The van der Waals surface area contributed by atoms with Gasteiger partial charge in [0.25, 0.3) is 0 Å². The number of ether oxygens (including phenoxy) is 2. The van der Waals surface area contributed by atoms with Gasteiger partial charge in [-0.05, 0) is 6.26 Å². The fourth-order valence-corrected chi connectivity index (χ4v) is 2.37. The molecule has 0 unspecified atom stereocenters. The van der Waals surface area contributed by atoms with Crippen molar-refractivity contribution in [3.05, 3.63) is 12.7 Å². The van der Waals surface area contributed by atoms with Crippen LogP contribution in [0.15, 0.2) is 17.7 Å². The molecular weight excluding hydrogens is 256 g/mol. The van der Waals surface area contributed by atoms with Gasteiger partial charge in [0.1, 0.15) is 16.9 Å². The van der Waals surface area contributed by atoms with E-state index in [2.05, 4.69) is 15.0 Å². The van der Waals surface area contributed by atoms with E-state index in [0.717, 1.165) is 10.5 Å². The number of fused-ring (bicyclic) bond motifs is 1. The van der Waals surface area contributed by atoms with Crippen LogP contribution in [0.1, 0.15) is 6.23 Å². The summed E-state index contributed by atoms with van der Waals surface area (Å²) in [6.45, 7) is 0.212. The molecule has 0 aliphatic carbocycles. The van der Waals surface area contributed by atoms with Crippen LogP contribution < -0.4 is 0 Å².